The van der Waals surface area contributed by atoms with E-state index in [2.05, 4.69) is 15.3 Å². The van der Waals surface area contributed by atoms with E-state index in [0.29, 0.717) is 44.1 Å². The maximum absolute atomic E-state index is 14.6. The van der Waals surface area contributed by atoms with Crippen molar-refractivity contribution in [1.29, 1.82) is 0 Å². The molecule has 0 unspecified atom stereocenters. The molecule has 6 nitrogen and oxygen atoms in total. The molecular weight excluding hydrogens is 395 g/mol. The van der Waals surface area contributed by atoms with Crippen molar-refractivity contribution in [1.82, 2.24) is 15.3 Å². The van der Waals surface area contributed by atoms with Gasteiger partial charge in [0.25, 0.3) is 5.91 Å². The van der Waals surface area contributed by atoms with E-state index in [0.717, 1.165) is 34.6 Å². The second-order valence-corrected chi connectivity index (χ2v) is 7.69. The molecule has 1 aromatic carbocycles. The average Bonchev–Trinajstić information content (AvgIpc) is 3.25. The number of fused-ring (bicyclic) bond motifs is 1. The lowest BCUT2D eigenvalue weighted by Crippen LogP contribution is -2.36. The zero-order chi connectivity index (χ0) is 21.2. The number of pyridine rings is 1. The van der Waals surface area contributed by atoms with Crippen molar-refractivity contribution in [2.45, 2.75) is 6.42 Å². The molecule has 31 heavy (non-hydrogen) atoms. The summed E-state index contributed by atoms with van der Waals surface area (Å²) in [6, 6.07) is 11.0. The second-order valence-electron chi connectivity index (χ2n) is 7.69. The molecule has 0 radical (unpaired) electrons. The molecule has 1 amide bonds. The summed E-state index contributed by atoms with van der Waals surface area (Å²) in [7, 11) is 0. The Kier molecular flexibility index (Phi) is 5.26. The molecule has 0 spiro atoms. The lowest BCUT2D eigenvalue weighted by Gasteiger charge is -2.29. The van der Waals surface area contributed by atoms with E-state index in [-0.39, 0.29) is 11.7 Å². The number of nitrogens with one attached hydrogen (secondary N) is 2. The van der Waals surface area contributed by atoms with Crippen molar-refractivity contribution < 1.29 is 13.9 Å². The third-order valence-corrected chi connectivity index (χ3v) is 5.67. The SMILES string of the molecule is O=C1NCCc2[nH]c(-c3ccnc(/C=C/c4ccc(N5CCOCC5)c(F)c4)c3)cc21. The van der Waals surface area contributed by atoms with Crippen LogP contribution in [-0.2, 0) is 11.2 Å². The van der Waals surface area contributed by atoms with Gasteiger partial charge in [-0.3, -0.25) is 9.78 Å². The van der Waals surface area contributed by atoms with E-state index in [1.807, 2.05) is 47.4 Å². The third-order valence-electron chi connectivity index (χ3n) is 5.67. The van der Waals surface area contributed by atoms with Gasteiger partial charge < -0.3 is 19.9 Å². The maximum Gasteiger partial charge on any atom is 0.253 e. The average molecular weight is 418 g/mol. The number of benzene rings is 1. The van der Waals surface area contributed by atoms with E-state index in [1.165, 1.54) is 0 Å². The Morgan fingerprint density at radius 1 is 1.10 bits per heavy atom. The zero-order valence-electron chi connectivity index (χ0n) is 17.0. The molecule has 2 aliphatic heterocycles. The highest BCUT2D eigenvalue weighted by molar-refractivity contribution is 5.97. The molecule has 2 aliphatic rings. The monoisotopic (exact) mass is 418 g/mol. The number of carbonyl (C=O) groups is 1. The Balaban J connectivity index is 1.35. The molecule has 1 saturated heterocycles. The van der Waals surface area contributed by atoms with Crippen molar-refractivity contribution in [3.63, 3.8) is 0 Å². The number of H-pyrrole nitrogens is 1. The maximum atomic E-state index is 14.6. The van der Waals surface area contributed by atoms with Gasteiger partial charge in [0.1, 0.15) is 5.82 Å². The second kappa shape index (κ2) is 8.35. The predicted molar refractivity (Wildman–Crippen MR) is 118 cm³/mol. The molecule has 2 aromatic heterocycles. The molecule has 3 aromatic rings. The van der Waals surface area contributed by atoms with Gasteiger partial charge in [-0.2, -0.15) is 0 Å². The van der Waals surface area contributed by atoms with Gasteiger partial charge in [-0.05, 0) is 42.0 Å². The number of nitrogens with zero attached hydrogens (tertiary/aromatic N) is 2. The largest absolute Gasteiger partial charge is 0.378 e. The number of morpholine rings is 1. The van der Waals surface area contributed by atoms with Crippen molar-refractivity contribution in [3.05, 3.63) is 70.9 Å². The van der Waals surface area contributed by atoms with Gasteiger partial charge in [-0.25, -0.2) is 4.39 Å². The molecule has 4 heterocycles. The van der Waals surface area contributed by atoms with Crippen LogP contribution >= 0.6 is 0 Å². The quantitative estimate of drug-likeness (QED) is 0.680. The Bertz CT molecular complexity index is 1150. The van der Waals surface area contributed by atoms with Crippen LogP contribution in [0.1, 0.15) is 27.3 Å². The van der Waals surface area contributed by atoms with E-state index in [1.54, 1.807) is 12.3 Å². The summed E-state index contributed by atoms with van der Waals surface area (Å²) in [6.07, 6.45) is 6.25. The minimum absolute atomic E-state index is 0.0412. The molecule has 158 valence electrons. The van der Waals surface area contributed by atoms with E-state index >= 15 is 0 Å². The van der Waals surface area contributed by atoms with Crippen LogP contribution in [0.4, 0.5) is 10.1 Å². The van der Waals surface area contributed by atoms with Crippen LogP contribution in [0.15, 0.2) is 42.6 Å². The normalized spacial score (nSPS) is 16.4. The van der Waals surface area contributed by atoms with Crippen LogP contribution in [0, 0.1) is 5.82 Å². The number of ether oxygens (including phenoxy) is 1. The lowest BCUT2D eigenvalue weighted by atomic mass is 10.1. The van der Waals surface area contributed by atoms with Gasteiger partial charge in [-0.15, -0.1) is 0 Å². The molecule has 7 heteroatoms. The molecule has 0 aliphatic carbocycles. The van der Waals surface area contributed by atoms with Crippen molar-refractivity contribution in [2.24, 2.45) is 0 Å². The molecule has 2 N–H and O–H groups in total. The van der Waals surface area contributed by atoms with Crippen molar-refractivity contribution in [2.75, 3.05) is 37.7 Å². The minimum Gasteiger partial charge on any atom is -0.378 e. The van der Waals surface area contributed by atoms with Gasteiger partial charge in [-0.1, -0.05) is 12.1 Å². The number of rotatable bonds is 4. The first-order valence-electron chi connectivity index (χ1n) is 10.4. The number of aromatic nitrogens is 2. The minimum atomic E-state index is -0.235. The first-order valence-corrected chi connectivity index (χ1v) is 10.4. The first-order chi connectivity index (χ1) is 15.2. The summed E-state index contributed by atoms with van der Waals surface area (Å²) in [5.41, 5.74) is 5.64. The predicted octanol–water partition coefficient (Wildman–Crippen LogP) is 3.51. The third kappa shape index (κ3) is 4.09. The number of hydrogen-bond donors (Lipinski definition) is 2. The summed E-state index contributed by atoms with van der Waals surface area (Å²) >= 11 is 0. The van der Waals surface area contributed by atoms with Crippen molar-refractivity contribution >= 4 is 23.7 Å². The van der Waals surface area contributed by atoms with Gasteiger partial charge in [0, 0.05) is 49.2 Å². The summed E-state index contributed by atoms with van der Waals surface area (Å²) in [4.78, 5) is 21.8. The number of halogens is 1. The summed E-state index contributed by atoms with van der Waals surface area (Å²) < 4.78 is 20.0. The smallest absolute Gasteiger partial charge is 0.253 e. The topological polar surface area (TPSA) is 70.2 Å². The summed E-state index contributed by atoms with van der Waals surface area (Å²) in [5.74, 6) is -0.276. The van der Waals surface area contributed by atoms with Crippen LogP contribution in [0.25, 0.3) is 23.4 Å². The number of hydrogen-bond acceptors (Lipinski definition) is 4. The van der Waals surface area contributed by atoms with Crippen LogP contribution in [-0.4, -0.2) is 48.7 Å². The molecule has 0 atom stereocenters. The summed E-state index contributed by atoms with van der Waals surface area (Å²) in [6.45, 7) is 3.30. The van der Waals surface area contributed by atoms with Crippen LogP contribution in [0.3, 0.4) is 0 Å². The molecule has 1 fully saturated rings. The Morgan fingerprint density at radius 2 is 1.97 bits per heavy atom. The molecule has 0 saturated carbocycles. The Hall–Kier alpha value is -3.45. The molecule has 5 rings (SSSR count). The van der Waals surface area contributed by atoms with Crippen LogP contribution in [0.2, 0.25) is 0 Å². The number of carbonyl (C=O) groups excluding carboxylic acids is 1. The molecule has 0 bridgehead atoms. The fourth-order valence-electron chi connectivity index (χ4n) is 4.03. The number of amides is 1. The van der Waals surface area contributed by atoms with E-state index in [9.17, 15) is 9.18 Å². The van der Waals surface area contributed by atoms with Gasteiger partial charge in [0.15, 0.2) is 0 Å². The highest BCUT2D eigenvalue weighted by atomic mass is 19.1. The number of anilines is 1. The Labute approximate surface area is 179 Å². The highest BCUT2D eigenvalue weighted by Gasteiger charge is 2.20. The standard InChI is InChI=1S/C24H23FN4O2/c25-20-13-16(2-4-23(20)29-9-11-31-12-10-29)1-3-18-14-17(5-7-26-18)22-15-19-21(28-22)6-8-27-24(19)30/h1-5,7,13-15,28H,6,8-12H2,(H,27,30)/b3-1+. The Morgan fingerprint density at radius 3 is 2.77 bits per heavy atom. The van der Waals surface area contributed by atoms with E-state index in [4.69, 9.17) is 4.74 Å². The van der Waals surface area contributed by atoms with Gasteiger partial charge in [0.05, 0.1) is 30.2 Å². The lowest BCUT2D eigenvalue weighted by molar-refractivity contribution is 0.0946. The van der Waals surface area contributed by atoms with Crippen LogP contribution in [0.5, 0.6) is 0 Å². The van der Waals surface area contributed by atoms with Crippen molar-refractivity contribution in [3.8, 4) is 11.3 Å². The van der Waals surface area contributed by atoms with Gasteiger partial charge >= 0.3 is 0 Å². The zero-order valence-corrected chi connectivity index (χ0v) is 17.0. The van der Waals surface area contributed by atoms with E-state index < -0.39 is 0 Å². The fraction of sp³-hybridized carbons (Fsp3) is 0.250. The summed E-state index contributed by atoms with van der Waals surface area (Å²) in [5, 5.41) is 2.86. The first kappa shape index (κ1) is 19.5. The highest BCUT2D eigenvalue weighted by Crippen LogP contribution is 2.25. The van der Waals surface area contributed by atoms with Crippen LogP contribution < -0.4 is 10.2 Å². The number of aromatic amines is 1. The molecular formula is C24H23FN4O2. The van der Waals surface area contributed by atoms with Gasteiger partial charge in [0.2, 0.25) is 0 Å². The fourth-order valence-corrected chi connectivity index (χ4v) is 4.03.